The minimum atomic E-state index is -0.269. The number of rotatable bonds is 4. The van der Waals surface area contributed by atoms with Gasteiger partial charge >= 0.3 is 0 Å². The van der Waals surface area contributed by atoms with Crippen molar-refractivity contribution in [3.63, 3.8) is 0 Å². The van der Waals surface area contributed by atoms with Gasteiger partial charge in [-0.1, -0.05) is 35.3 Å². The summed E-state index contributed by atoms with van der Waals surface area (Å²) >= 11 is 12.5. The van der Waals surface area contributed by atoms with E-state index in [0.29, 0.717) is 16.5 Å². The van der Waals surface area contributed by atoms with E-state index in [1.807, 2.05) is 35.3 Å². The number of anilines is 1. The van der Waals surface area contributed by atoms with E-state index in [-0.39, 0.29) is 11.9 Å². The van der Waals surface area contributed by atoms with Crippen molar-refractivity contribution in [3.8, 4) is 5.75 Å². The molecular formula is C22H17Cl2FN2O. The summed E-state index contributed by atoms with van der Waals surface area (Å²) in [4.78, 5) is 0. The Bertz CT molecular complexity index is 1020. The number of hydrazone groups is 1. The van der Waals surface area contributed by atoms with Crippen LogP contribution in [0.3, 0.4) is 0 Å². The molecule has 0 aromatic heterocycles. The van der Waals surface area contributed by atoms with Crippen LogP contribution in [-0.4, -0.2) is 12.8 Å². The lowest BCUT2D eigenvalue weighted by atomic mass is 9.98. The Morgan fingerprint density at radius 3 is 2.36 bits per heavy atom. The molecule has 4 rings (SSSR count). The minimum Gasteiger partial charge on any atom is -0.497 e. The third-order valence-electron chi connectivity index (χ3n) is 4.74. The maximum absolute atomic E-state index is 13.4. The first-order valence-electron chi connectivity index (χ1n) is 8.77. The fourth-order valence-electron chi connectivity index (χ4n) is 3.30. The van der Waals surface area contributed by atoms with E-state index in [0.717, 1.165) is 28.3 Å². The molecule has 0 fully saturated rings. The van der Waals surface area contributed by atoms with Crippen LogP contribution in [0.1, 0.15) is 23.6 Å². The average Bonchev–Trinajstić information content (AvgIpc) is 3.13. The average molecular weight is 415 g/mol. The van der Waals surface area contributed by atoms with E-state index in [4.69, 9.17) is 33.0 Å². The van der Waals surface area contributed by atoms with Crippen molar-refractivity contribution in [1.29, 1.82) is 0 Å². The Kier molecular flexibility index (Phi) is 5.25. The van der Waals surface area contributed by atoms with Crippen LogP contribution in [0.15, 0.2) is 71.8 Å². The minimum absolute atomic E-state index is 0.101. The molecule has 0 spiro atoms. The third-order valence-corrected chi connectivity index (χ3v) is 5.28. The summed E-state index contributed by atoms with van der Waals surface area (Å²) in [6.45, 7) is 0. The highest BCUT2D eigenvalue weighted by molar-refractivity contribution is 6.36. The van der Waals surface area contributed by atoms with Crippen LogP contribution in [0.4, 0.5) is 10.1 Å². The molecule has 0 amide bonds. The molecule has 1 aliphatic heterocycles. The van der Waals surface area contributed by atoms with Gasteiger partial charge in [0.15, 0.2) is 0 Å². The van der Waals surface area contributed by atoms with Crippen molar-refractivity contribution >= 4 is 34.6 Å². The Labute approximate surface area is 173 Å². The number of ether oxygens (including phenoxy) is 1. The lowest BCUT2D eigenvalue weighted by Gasteiger charge is -2.25. The monoisotopic (exact) mass is 414 g/mol. The zero-order chi connectivity index (χ0) is 19.7. The molecule has 0 aliphatic carbocycles. The second-order valence-electron chi connectivity index (χ2n) is 6.49. The quantitative estimate of drug-likeness (QED) is 0.486. The summed E-state index contributed by atoms with van der Waals surface area (Å²) in [7, 11) is 1.64. The van der Waals surface area contributed by atoms with Gasteiger partial charge in [-0.3, -0.25) is 5.01 Å². The van der Waals surface area contributed by atoms with E-state index < -0.39 is 0 Å². The van der Waals surface area contributed by atoms with Gasteiger partial charge in [-0.15, -0.1) is 0 Å². The van der Waals surface area contributed by atoms with E-state index >= 15 is 0 Å². The van der Waals surface area contributed by atoms with Crippen LogP contribution < -0.4 is 9.75 Å². The van der Waals surface area contributed by atoms with Gasteiger partial charge in [-0.2, -0.15) is 5.10 Å². The van der Waals surface area contributed by atoms with Gasteiger partial charge in [0.1, 0.15) is 11.6 Å². The molecular weight excluding hydrogens is 398 g/mol. The normalized spacial score (nSPS) is 16.2. The molecule has 3 aromatic rings. The van der Waals surface area contributed by atoms with Crippen LogP contribution in [0.25, 0.3) is 0 Å². The molecule has 6 heteroatoms. The highest BCUT2D eigenvalue weighted by Crippen LogP contribution is 2.40. The third kappa shape index (κ3) is 3.71. The first kappa shape index (κ1) is 18.8. The molecule has 1 aliphatic rings. The van der Waals surface area contributed by atoms with Gasteiger partial charge in [-0.25, -0.2) is 4.39 Å². The maximum Gasteiger partial charge on any atom is 0.123 e. The fraction of sp³-hybridized carbons (Fsp3) is 0.136. The largest absolute Gasteiger partial charge is 0.497 e. The van der Waals surface area contributed by atoms with Crippen LogP contribution >= 0.6 is 23.2 Å². The Morgan fingerprint density at radius 2 is 1.71 bits per heavy atom. The van der Waals surface area contributed by atoms with Crippen LogP contribution in [0, 0.1) is 5.82 Å². The molecule has 0 saturated heterocycles. The summed E-state index contributed by atoms with van der Waals surface area (Å²) in [5, 5.41) is 7.80. The lowest BCUT2D eigenvalue weighted by Crippen LogP contribution is -2.18. The van der Waals surface area contributed by atoms with Crippen molar-refractivity contribution < 1.29 is 9.13 Å². The molecule has 3 nitrogen and oxygen atoms in total. The summed E-state index contributed by atoms with van der Waals surface area (Å²) in [6.07, 6.45) is 0.664. The lowest BCUT2D eigenvalue weighted by molar-refractivity contribution is 0.415. The first-order valence-corrected chi connectivity index (χ1v) is 9.52. The number of halogens is 3. The molecule has 1 atom stereocenters. The van der Waals surface area contributed by atoms with E-state index in [2.05, 4.69) is 0 Å². The standard InChI is InChI=1S/C22H17Cl2FN2O/c1-28-18-9-4-14(5-10-18)20-13-22(15-2-7-17(25)8-3-15)27(26-20)21-11-6-16(23)12-19(21)24/h2-12,22H,13H2,1H3/t22-/m0/s1. The van der Waals surface area contributed by atoms with E-state index in [1.54, 1.807) is 31.4 Å². The van der Waals surface area contributed by atoms with Crippen molar-refractivity contribution in [1.82, 2.24) is 0 Å². The van der Waals surface area contributed by atoms with Gasteiger partial charge in [0.05, 0.1) is 29.6 Å². The topological polar surface area (TPSA) is 24.8 Å². The second kappa shape index (κ2) is 7.82. The SMILES string of the molecule is COc1ccc(C2=NN(c3ccc(Cl)cc3Cl)[C@H](c3ccc(F)cc3)C2)cc1. The number of benzene rings is 3. The van der Waals surface area contributed by atoms with Crippen LogP contribution in [-0.2, 0) is 0 Å². The van der Waals surface area contributed by atoms with Crippen molar-refractivity contribution in [2.75, 3.05) is 12.1 Å². The number of nitrogens with zero attached hydrogens (tertiary/aromatic N) is 2. The highest BCUT2D eigenvalue weighted by Gasteiger charge is 2.31. The Balaban J connectivity index is 1.75. The summed E-state index contributed by atoms with van der Waals surface area (Å²) in [5.74, 6) is 0.518. The summed E-state index contributed by atoms with van der Waals surface area (Å²) in [6, 6.07) is 19.5. The Hall–Kier alpha value is -2.56. The number of hydrogen-bond donors (Lipinski definition) is 0. The van der Waals surface area contributed by atoms with Gasteiger partial charge in [0, 0.05) is 11.4 Å². The molecule has 0 bridgehead atoms. The van der Waals surface area contributed by atoms with Gasteiger partial charge in [-0.05, 0) is 65.7 Å². The smallest absolute Gasteiger partial charge is 0.123 e. The highest BCUT2D eigenvalue weighted by atomic mass is 35.5. The molecule has 0 radical (unpaired) electrons. The molecule has 142 valence electrons. The van der Waals surface area contributed by atoms with Crippen LogP contribution in [0.2, 0.25) is 10.0 Å². The maximum atomic E-state index is 13.4. The second-order valence-corrected chi connectivity index (χ2v) is 7.33. The van der Waals surface area contributed by atoms with Crippen molar-refractivity contribution in [2.45, 2.75) is 12.5 Å². The predicted molar refractivity (Wildman–Crippen MR) is 112 cm³/mol. The zero-order valence-electron chi connectivity index (χ0n) is 15.1. The Morgan fingerprint density at radius 1 is 1.00 bits per heavy atom. The molecule has 3 aromatic carbocycles. The van der Waals surface area contributed by atoms with Crippen LogP contribution in [0.5, 0.6) is 5.75 Å². The molecule has 1 heterocycles. The van der Waals surface area contributed by atoms with Crippen molar-refractivity contribution in [3.05, 3.63) is 93.7 Å². The number of hydrogen-bond acceptors (Lipinski definition) is 3. The summed E-state index contributed by atoms with van der Waals surface area (Å²) < 4.78 is 18.7. The van der Waals surface area contributed by atoms with Gasteiger partial charge < -0.3 is 4.74 Å². The fourth-order valence-corrected chi connectivity index (χ4v) is 3.80. The molecule has 0 unspecified atom stereocenters. The van der Waals surface area contributed by atoms with Gasteiger partial charge in [0.2, 0.25) is 0 Å². The van der Waals surface area contributed by atoms with E-state index in [1.165, 1.54) is 12.1 Å². The molecule has 0 N–H and O–H groups in total. The number of methoxy groups -OCH3 is 1. The summed E-state index contributed by atoms with van der Waals surface area (Å²) in [5.41, 5.74) is 3.63. The predicted octanol–water partition coefficient (Wildman–Crippen LogP) is 6.50. The molecule has 28 heavy (non-hydrogen) atoms. The first-order chi connectivity index (χ1) is 13.5. The zero-order valence-corrected chi connectivity index (χ0v) is 16.6. The van der Waals surface area contributed by atoms with Gasteiger partial charge in [0.25, 0.3) is 0 Å². The van der Waals surface area contributed by atoms with E-state index in [9.17, 15) is 4.39 Å². The molecule has 0 saturated carbocycles. The van der Waals surface area contributed by atoms with Crippen molar-refractivity contribution in [2.24, 2.45) is 5.10 Å².